The fourth-order valence-electron chi connectivity index (χ4n) is 6.80. The van der Waals surface area contributed by atoms with Crippen LogP contribution in [0.2, 0.25) is 0 Å². The summed E-state index contributed by atoms with van der Waals surface area (Å²) in [5.74, 6) is 1.76. The van der Waals surface area contributed by atoms with E-state index < -0.39 is 0 Å². The molecule has 0 N–H and O–H groups in total. The van der Waals surface area contributed by atoms with Crippen molar-refractivity contribution in [1.82, 2.24) is 19.5 Å². The van der Waals surface area contributed by atoms with Gasteiger partial charge in [-0.3, -0.25) is 0 Å². The van der Waals surface area contributed by atoms with Crippen molar-refractivity contribution in [2.45, 2.75) is 0 Å². The molecular weight excluding hydrogens is 623 g/mol. The van der Waals surface area contributed by atoms with Crippen LogP contribution in [0.1, 0.15) is 5.56 Å². The van der Waals surface area contributed by atoms with Crippen molar-refractivity contribution in [3.8, 4) is 68.2 Å². The zero-order chi connectivity index (χ0) is 34.1. The lowest BCUT2D eigenvalue weighted by atomic mass is 9.99. The maximum absolute atomic E-state index is 9.80. The van der Waals surface area contributed by atoms with E-state index in [9.17, 15) is 5.26 Å². The van der Waals surface area contributed by atoms with E-state index in [1.54, 1.807) is 0 Å². The summed E-state index contributed by atoms with van der Waals surface area (Å²) < 4.78 is 2.33. The standard InChI is InChI=1S/C46H29N5/c47-30-31-13-12-20-35(25-31)37-26-38(46-49-44(33-16-6-2-7-17-33)48-45(50-46)34-18-8-3-9-19-34)28-39(27-37)51-42-22-11-10-21-40(42)41-24-23-36(29-43(41)51)32-14-4-1-5-15-32/h1-29H. The second kappa shape index (κ2) is 12.7. The van der Waals surface area contributed by atoms with E-state index in [0.29, 0.717) is 23.0 Å². The topological polar surface area (TPSA) is 67.4 Å². The smallest absolute Gasteiger partial charge is 0.164 e. The number of hydrogen-bond donors (Lipinski definition) is 0. The van der Waals surface area contributed by atoms with Crippen LogP contribution in [-0.4, -0.2) is 19.5 Å². The first kappa shape index (κ1) is 29.9. The molecule has 0 bridgehead atoms. The molecule has 0 aliphatic carbocycles. The SMILES string of the molecule is N#Cc1cccc(-c2cc(-c3nc(-c4ccccc4)nc(-c4ccccc4)n3)cc(-n3c4ccccc4c4ccc(-c5ccccc5)cc43)c2)c1. The van der Waals surface area contributed by atoms with Gasteiger partial charge in [0.2, 0.25) is 0 Å². The van der Waals surface area contributed by atoms with Gasteiger partial charge in [-0.05, 0) is 64.7 Å². The fraction of sp³-hybridized carbons (Fsp3) is 0. The number of nitriles is 1. The minimum Gasteiger partial charge on any atom is -0.309 e. The molecule has 9 aromatic rings. The maximum atomic E-state index is 9.80. The third-order valence-electron chi connectivity index (χ3n) is 9.24. The summed E-state index contributed by atoms with van der Waals surface area (Å²) in [7, 11) is 0. The highest BCUT2D eigenvalue weighted by molar-refractivity contribution is 6.10. The third kappa shape index (κ3) is 5.61. The van der Waals surface area contributed by atoms with Crippen LogP contribution in [0.4, 0.5) is 0 Å². The van der Waals surface area contributed by atoms with Crippen LogP contribution in [0, 0.1) is 11.3 Å². The Morgan fingerprint density at radius 2 is 0.902 bits per heavy atom. The highest BCUT2D eigenvalue weighted by Crippen LogP contribution is 2.38. The van der Waals surface area contributed by atoms with Gasteiger partial charge in [0.05, 0.1) is 22.7 Å². The average Bonchev–Trinajstić information content (AvgIpc) is 3.55. The molecule has 238 valence electrons. The summed E-state index contributed by atoms with van der Waals surface area (Å²) in [6.07, 6.45) is 0. The van der Waals surface area contributed by atoms with E-state index in [-0.39, 0.29) is 0 Å². The number of aromatic nitrogens is 4. The number of benzene rings is 7. The van der Waals surface area contributed by atoms with E-state index in [2.05, 4.69) is 95.6 Å². The Labute approximate surface area is 295 Å². The zero-order valence-corrected chi connectivity index (χ0v) is 27.5. The van der Waals surface area contributed by atoms with Gasteiger partial charge in [-0.15, -0.1) is 0 Å². The first-order chi connectivity index (χ1) is 25.2. The van der Waals surface area contributed by atoms with Crippen LogP contribution in [0.3, 0.4) is 0 Å². The highest BCUT2D eigenvalue weighted by atomic mass is 15.0. The summed E-state index contributed by atoms with van der Waals surface area (Å²) in [6.45, 7) is 0. The second-order valence-electron chi connectivity index (χ2n) is 12.4. The number of nitrogens with zero attached hydrogens (tertiary/aromatic N) is 5. The number of hydrogen-bond acceptors (Lipinski definition) is 4. The van der Waals surface area contributed by atoms with Crippen LogP contribution < -0.4 is 0 Å². The van der Waals surface area contributed by atoms with E-state index in [1.165, 1.54) is 10.8 Å². The van der Waals surface area contributed by atoms with Crippen molar-refractivity contribution >= 4 is 21.8 Å². The predicted octanol–water partition coefficient (Wildman–Crippen LogP) is 11.2. The molecule has 0 aliphatic heterocycles. The summed E-state index contributed by atoms with van der Waals surface area (Å²) in [5, 5.41) is 12.1. The van der Waals surface area contributed by atoms with Gasteiger partial charge in [0, 0.05) is 33.2 Å². The Bertz CT molecular complexity index is 2690. The van der Waals surface area contributed by atoms with Gasteiger partial charge in [0.25, 0.3) is 0 Å². The second-order valence-corrected chi connectivity index (χ2v) is 12.4. The van der Waals surface area contributed by atoms with Crippen LogP contribution in [-0.2, 0) is 0 Å². The van der Waals surface area contributed by atoms with Crippen LogP contribution in [0.25, 0.3) is 83.9 Å². The molecule has 7 aromatic carbocycles. The molecule has 0 fully saturated rings. The molecule has 51 heavy (non-hydrogen) atoms. The van der Waals surface area contributed by atoms with Crippen molar-refractivity contribution in [2.24, 2.45) is 0 Å². The molecule has 2 heterocycles. The lowest BCUT2D eigenvalue weighted by Crippen LogP contribution is -2.02. The van der Waals surface area contributed by atoms with Gasteiger partial charge in [0.1, 0.15) is 0 Å². The van der Waals surface area contributed by atoms with E-state index in [4.69, 9.17) is 15.0 Å². The molecule has 0 aliphatic rings. The molecule has 2 aromatic heterocycles. The van der Waals surface area contributed by atoms with Crippen molar-refractivity contribution in [3.63, 3.8) is 0 Å². The first-order valence-electron chi connectivity index (χ1n) is 16.8. The normalized spacial score (nSPS) is 11.1. The third-order valence-corrected chi connectivity index (χ3v) is 9.24. The molecule has 0 atom stereocenters. The molecule has 5 nitrogen and oxygen atoms in total. The molecule has 0 amide bonds. The van der Waals surface area contributed by atoms with Crippen LogP contribution in [0.15, 0.2) is 176 Å². The van der Waals surface area contributed by atoms with Crippen LogP contribution >= 0.6 is 0 Å². The molecule has 0 unspecified atom stereocenters. The average molecular weight is 652 g/mol. The van der Waals surface area contributed by atoms with Crippen molar-refractivity contribution in [2.75, 3.05) is 0 Å². The van der Waals surface area contributed by atoms with Gasteiger partial charge in [-0.25, -0.2) is 15.0 Å². The minimum absolute atomic E-state index is 0.563. The van der Waals surface area contributed by atoms with Crippen LogP contribution in [0.5, 0.6) is 0 Å². The first-order valence-corrected chi connectivity index (χ1v) is 16.8. The molecule has 0 saturated heterocycles. The molecule has 9 rings (SSSR count). The van der Waals surface area contributed by atoms with Gasteiger partial charge in [0.15, 0.2) is 17.5 Å². The van der Waals surface area contributed by atoms with E-state index >= 15 is 0 Å². The Morgan fingerprint density at radius 1 is 0.373 bits per heavy atom. The number of fused-ring (bicyclic) bond motifs is 3. The summed E-state index contributed by atoms with van der Waals surface area (Å²) in [4.78, 5) is 15.1. The molecule has 0 saturated carbocycles. The predicted molar refractivity (Wildman–Crippen MR) is 206 cm³/mol. The Morgan fingerprint density at radius 3 is 1.57 bits per heavy atom. The largest absolute Gasteiger partial charge is 0.309 e. The highest BCUT2D eigenvalue weighted by Gasteiger charge is 2.18. The maximum Gasteiger partial charge on any atom is 0.164 e. The lowest BCUT2D eigenvalue weighted by molar-refractivity contribution is 1.07. The van der Waals surface area contributed by atoms with Crippen molar-refractivity contribution < 1.29 is 0 Å². The molecular formula is C46H29N5. The lowest BCUT2D eigenvalue weighted by Gasteiger charge is -2.15. The van der Waals surface area contributed by atoms with Gasteiger partial charge in [-0.2, -0.15) is 5.26 Å². The minimum atomic E-state index is 0.563. The number of para-hydroxylation sites is 1. The molecule has 0 spiro atoms. The Balaban J connectivity index is 1.34. The van der Waals surface area contributed by atoms with E-state index in [1.807, 2.05) is 91.0 Å². The zero-order valence-electron chi connectivity index (χ0n) is 27.5. The Kier molecular flexibility index (Phi) is 7.46. The summed E-state index contributed by atoms with van der Waals surface area (Å²) in [5.41, 5.74) is 10.6. The quantitative estimate of drug-likeness (QED) is 0.179. The van der Waals surface area contributed by atoms with Gasteiger partial charge >= 0.3 is 0 Å². The summed E-state index contributed by atoms with van der Waals surface area (Å²) in [6, 6.07) is 62.2. The Hall–Kier alpha value is -7.16. The van der Waals surface area contributed by atoms with Gasteiger partial charge < -0.3 is 4.57 Å². The monoisotopic (exact) mass is 651 g/mol. The fourth-order valence-corrected chi connectivity index (χ4v) is 6.80. The van der Waals surface area contributed by atoms with Gasteiger partial charge in [-0.1, -0.05) is 133 Å². The molecule has 5 heteroatoms. The summed E-state index contributed by atoms with van der Waals surface area (Å²) >= 11 is 0. The van der Waals surface area contributed by atoms with E-state index in [0.717, 1.165) is 55.7 Å². The number of rotatable bonds is 6. The molecule has 0 radical (unpaired) electrons. The van der Waals surface area contributed by atoms with Crippen molar-refractivity contribution in [3.05, 3.63) is 181 Å². The van der Waals surface area contributed by atoms with Crippen molar-refractivity contribution in [1.29, 1.82) is 5.26 Å².